The van der Waals surface area contributed by atoms with Crippen molar-refractivity contribution < 1.29 is 0 Å². The lowest BCUT2D eigenvalue weighted by atomic mass is 9.54. The average Bonchev–Trinajstić information content (AvgIpc) is 2.27. The molecule has 2 fully saturated rings. The van der Waals surface area contributed by atoms with Gasteiger partial charge >= 0.3 is 0 Å². The predicted molar refractivity (Wildman–Crippen MR) is 52.1 cm³/mol. The van der Waals surface area contributed by atoms with Gasteiger partial charge in [0.05, 0.1) is 0 Å². The van der Waals surface area contributed by atoms with E-state index in [1.807, 2.05) is 0 Å². The van der Waals surface area contributed by atoms with E-state index in [1.165, 1.54) is 32.4 Å². The summed E-state index contributed by atoms with van der Waals surface area (Å²) in [7, 11) is 0. The molecule has 1 spiro atoms. The number of rotatable bonds is 0. The maximum absolute atomic E-state index is 3.49. The summed E-state index contributed by atoms with van der Waals surface area (Å²) in [6.45, 7) is 9.70. The fourth-order valence-corrected chi connectivity index (χ4v) is 2.74. The van der Waals surface area contributed by atoms with Crippen LogP contribution in [-0.4, -0.2) is 13.1 Å². The van der Waals surface area contributed by atoms with Crippen LogP contribution in [0.1, 0.15) is 40.0 Å². The Morgan fingerprint density at radius 2 is 1.92 bits per heavy atom. The first kappa shape index (κ1) is 8.55. The Kier molecular flexibility index (Phi) is 1.76. The van der Waals surface area contributed by atoms with Crippen LogP contribution in [0.3, 0.4) is 0 Å². The third-order valence-corrected chi connectivity index (χ3v) is 3.92. The quantitative estimate of drug-likeness (QED) is 0.584. The molecule has 0 aromatic carbocycles. The molecule has 70 valence electrons. The van der Waals surface area contributed by atoms with Crippen LogP contribution in [-0.2, 0) is 0 Å². The van der Waals surface area contributed by atoms with Crippen molar-refractivity contribution in [2.45, 2.75) is 40.0 Å². The second-order valence-electron chi connectivity index (χ2n) is 5.90. The Balaban J connectivity index is 1.90. The standard InChI is InChI=1S/C11H21N/c1-10(2,3)9-6-11(7-9)4-5-12-8-11/h9,12H,4-8H2,1-3H3. The monoisotopic (exact) mass is 167 g/mol. The van der Waals surface area contributed by atoms with E-state index in [0.717, 1.165) is 11.3 Å². The first-order chi connectivity index (χ1) is 5.52. The molecule has 0 amide bonds. The molecule has 1 heteroatoms. The van der Waals surface area contributed by atoms with Crippen LogP contribution in [0.25, 0.3) is 0 Å². The molecule has 1 aliphatic heterocycles. The summed E-state index contributed by atoms with van der Waals surface area (Å²) in [5.41, 5.74) is 1.28. The van der Waals surface area contributed by atoms with Gasteiger partial charge in [-0.05, 0) is 42.6 Å². The van der Waals surface area contributed by atoms with Crippen molar-refractivity contribution in [3.05, 3.63) is 0 Å². The van der Waals surface area contributed by atoms with Gasteiger partial charge in [0.25, 0.3) is 0 Å². The van der Waals surface area contributed by atoms with E-state index < -0.39 is 0 Å². The van der Waals surface area contributed by atoms with Gasteiger partial charge in [0.15, 0.2) is 0 Å². The van der Waals surface area contributed by atoms with Gasteiger partial charge in [0.2, 0.25) is 0 Å². The minimum atomic E-state index is 0.549. The van der Waals surface area contributed by atoms with Crippen LogP contribution in [0, 0.1) is 16.7 Å². The van der Waals surface area contributed by atoms with Crippen molar-refractivity contribution in [1.29, 1.82) is 0 Å². The minimum absolute atomic E-state index is 0.549. The first-order valence-electron chi connectivity index (χ1n) is 5.23. The molecule has 1 heterocycles. The molecule has 1 saturated carbocycles. The van der Waals surface area contributed by atoms with Gasteiger partial charge in [0, 0.05) is 6.54 Å². The summed E-state index contributed by atoms with van der Waals surface area (Å²) in [6.07, 6.45) is 4.38. The minimum Gasteiger partial charge on any atom is -0.316 e. The Hall–Kier alpha value is -0.0400. The number of nitrogens with one attached hydrogen (secondary N) is 1. The largest absolute Gasteiger partial charge is 0.316 e. The van der Waals surface area contributed by atoms with Gasteiger partial charge in [-0.2, -0.15) is 0 Å². The van der Waals surface area contributed by atoms with Crippen molar-refractivity contribution >= 4 is 0 Å². The fourth-order valence-electron chi connectivity index (χ4n) is 2.74. The number of hydrogen-bond donors (Lipinski definition) is 1. The van der Waals surface area contributed by atoms with Gasteiger partial charge in [-0.15, -0.1) is 0 Å². The van der Waals surface area contributed by atoms with E-state index in [1.54, 1.807) is 0 Å². The molecular formula is C11H21N. The van der Waals surface area contributed by atoms with Crippen molar-refractivity contribution in [2.75, 3.05) is 13.1 Å². The van der Waals surface area contributed by atoms with Gasteiger partial charge < -0.3 is 5.32 Å². The van der Waals surface area contributed by atoms with Gasteiger partial charge in [0.1, 0.15) is 0 Å². The molecular weight excluding hydrogens is 146 g/mol. The molecule has 2 aliphatic rings. The Bertz CT molecular complexity index is 164. The SMILES string of the molecule is CC(C)(C)C1CC2(CCNC2)C1. The molecule has 1 N–H and O–H groups in total. The summed E-state index contributed by atoms with van der Waals surface area (Å²) in [5, 5.41) is 3.49. The molecule has 1 nitrogen and oxygen atoms in total. The lowest BCUT2D eigenvalue weighted by Crippen LogP contribution is -2.44. The van der Waals surface area contributed by atoms with Crippen molar-refractivity contribution in [3.63, 3.8) is 0 Å². The Labute approximate surface area is 75.9 Å². The maximum Gasteiger partial charge on any atom is 0.000850 e. The summed E-state index contributed by atoms with van der Waals surface area (Å²) in [6, 6.07) is 0. The van der Waals surface area contributed by atoms with E-state index >= 15 is 0 Å². The zero-order valence-electron chi connectivity index (χ0n) is 8.61. The lowest BCUT2D eigenvalue weighted by molar-refractivity contribution is 0.00178. The molecule has 0 unspecified atom stereocenters. The second kappa shape index (κ2) is 2.47. The molecule has 0 radical (unpaired) electrons. The highest BCUT2D eigenvalue weighted by Crippen LogP contribution is 2.55. The highest BCUT2D eigenvalue weighted by Gasteiger charge is 2.49. The van der Waals surface area contributed by atoms with Gasteiger partial charge in [-0.25, -0.2) is 0 Å². The van der Waals surface area contributed by atoms with Gasteiger partial charge in [-0.3, -0.25) is 0 Å². The zero-order chi connectivity index (χ0) is 8.82. The Morgan fingerprint density at radius 1 is 1.25 bits per heavy atom. The van der Waals surface area contributed by atoms with E-state index in [-0.39, 0.29) is 0 Å². The third kappa shape index (κ3) is 1.28. The van der Waals surface area contributed by atoms with E-state index in [2.05, 4.69) is 26.1 Å². The molecule has 2 rings (SSSR count). The van der Waals surface area contributed by atoms with Crippen LogP contribution in [0.4, 0.5) is 0 Å². The third-order valence-electron chi connectivity index (χ3n) is 3.92. The van der Waals surface area contributed by atoms with Crippen molar-refractivity contribution in [2.24, 2.45) is 16.7 Å². The maximum atomic E-state index is 3.49. The highest BCUT2D eigenvalue weighted by molar-refractivity contribution is 5.01. The fraction of sp³-hybridized carbons (Fsp3) is 1.00. The van der Waals surface area contributed by atoms with Crippen LogP contribution in [0.5, 0.6) is 0 Å². The van der Waals surface area contributed by atoms with Crippen molar-refractivity contribution in [1.82, 2.24) is 5.32 Å². The van der Waals surface area contributed by atoms with E-state index in [9.17, 15) is 0 Å². The summed E-state index contributed by atoms with van der Waals surface area (Å²) < 4.78 is 0. The summed E-state index contributed by atoms with van der Waals surface area (Å²) >= 11 is 0. The molecule has 1 aliphatic carbocycles. The van der Waals surface area contributed by atoms with Crippen LogP contribution in [0.2, 0.25) is 0 Å². The first-order valence-corrected chi connectivity index (χ1v) is 5.23. The number of hydrogen-bond acceptors (Lipinski definition) is 1. The molecule has 12 heavy (non-hydrogen) atoms. The van der Waals surface area contributed by atoms with Crippen LogP contribution in [0.15, 0.2) is 0 Å². The smallest absolute Gasteiger partial charge is 0.000850 e. The average molecular weight is 167 g/mol. The van der Waals surface area contributed by atoms with Crippen LogP contribution >= 0.6 is 0 Å². The molecule has 0 aromatic heterocycles. The van der Waals surface area contributed by atoms with Gasteiger partial charge in [-0.1, -0.05) is 20.8 Å². The summed E-state index contributed by atoms with van der Waals surface area (Å²) in [5.74, 6) is 0.984. The topological polar surface area (TPSA) is 12.0 Å². The van der Waals surface area contributed by atoms with E-state index in [0.29, 0.717) is 5.41 Å². The predicted octanol–water partition coefficient (Wildman–Crippen LogP) is 2.42. The molecule has 1 saturated heterocycles. The highest BCUT2D eigenvalue weighted by atomic mass is 14.9. The van der Waals surface area contributed by atoms with Crippen molar-refractivity contribution in [3.8, 4) is 0 Å². The summed E-state index contributed by atoms with van der Waals surface area (Å²) in [4.78, 5) is 0. The second-order valence-corrected chi connectivity index (χ2v) is 5.90. The molecule has 0 aromatic rings. The normalized spacial score (nSPS) is 41.8. The zero-order valence-corrected chi connectivity index (χ0v) is 8.61. The Morgan fingerprint density at radius 3 is 2.33 bits per heavy atom. The lowest BCUT2D eigenvalue weighted by Gasteiger charge is -2.51. The van der Waals surface area contributed by atoms with Crippen LogP contribution < -0.4 is 5.32 Å². The van der Waals surface area contributed by atoms with E-state index in [4.69, 9.17) is 0 Å². The molecule has 0 atom stereocenters. The molecule has 0 bridgehead atoms.